The van der Waals surface area contributed by atoms with Crippen molar-refractivity contribution in [3.63, 3.8) is 0 Å². The second-order valence-corrected chi connectivity index (χ2v) is 7.00. The maximum Gasteiger partial charge on any atom is 0.266 e. The lowest BCUT2D eigenvalue weighted by Gasteiger charge is -2.19. The van der Waals surface area contributed by atoms with E-state index >= 15 is 0 Å². The van der Waals surface area contributed by atoms with Gasteiger partial charge in [0, 0.05) is 18.8 Å². The van der Waals surface area contributed by atoms with Crippen LogP contribution in [-0.4, -0.2) is 23.4 Å². The van der Waals surface area contributed by atoms with Crippen LogP contribution in [0.1, 0.15) is 64.7 Å². The van der Waals surface area contributed by atoms with Crippen molar-refractivity contribution < 1.29 is 18.7 Å². The largest absolute Gasteiger partial charge is 0.392 e. The van der Waals surface area contributed by atoms with Crippen LogP contribution in [0.25, 0.3) is 0 Å². The van der Waals surface area contributed by atoms with Crippen molar-refractivity contribution in [2.45, 2.75) is 76.7 Å². The van der Waals surface area contributed by atoms with Crippen LogP contribution in [0, 0.1) is 11.8 Å². The van der Waals surface area contributed by atoms with Gasteiger partial charge < -0.3 is 9.90 Å². The Morgan fingerprint density at radius 3 is 2.68 bits per heavy atom. The zero-order valence-electron chi connectivity index (χ0n) is 15.3. The first-order chi connectivity index (χ1) is 11.9. The van der Waals surface area contributed by atoms with Crippen LogP contribution in [0.15, 0.2) is 36.5 Å². The molecule has 0 unspecified atom stereocenters. The second-order valence-electron chi connectivity index (χ2n) is 7.00. The molecule has 0 bridgehead atoms. The second kappa shape index (κ2) is 11.3. The fraction of sp³-hybridized carbons (Fsp3) is 0.667. The number of halogens is 2. The molecule has 0 aromatic rings. The predicted molar refractivity (Wildman–Crippen MR) is 98.6 cm³/mol. The minimum absolute atomic E-state index is 0.0995. The van der Waals surface area contributed by atoms with Gasteiger partial charge in [-0.15, -0.1) is 0 Å². The van der Waals surface area contributed by atoms with Gasteiger partial charge in [-0.3, -0.25) is 0 Å². The van der Waals surface area contributed by atoms with Gasteiger partial charge in [-0.05, 0) is 44.1 Å². The summed E-state index contributed by atoms with van der Waals surface area (Å²) in [6, 6.07) is 0. The number of carbonyl (C=O) groups excluding carboxylic acids is 1. The van der Waals surface area contributed by atoms with Crippen LogP contribution in [0.2, 0.25) is 0 Å². The highest BCUT2D eigenvalue weighted by molar-refractivity contribution is 5.49. The Morgan fingerprint density at radius 1 is 1.24 bits per heavy atom. The standard InChI is InChI=1S/C21H32F2O2/c1-3-4-9-13-21(22,23)14-12-18-17(2)16-20(25)19(18)11-8-6-5-7-10-15-24/h6,8,12,14-15,18-20,25H,2-5,7,9-11,13,16H2,1H3/b8-6-,14-12+/t18-,19+,20-/m0/s1. The minimum Gasteiger partial charge on any atom is -0.392 e. The van der Waals surface area contributed by atoms with Crippen molar-refractivity contribution in [3.8, 4) is 0 Å². The molecule has 1 aliphatic carbocycles. The number of rotatable bonds is 12. The molecule has 142 valence electrons. The Hall–Kier alpha value is -1.29. The van der Waals surface area contributed by atoms with E-state index in [-0.39, 0.29) is 18.3 Å². The average Bonchev–Trinajstić information content (AvgIpc) is 2.82. The van der Waals surface area contributed by atoms with E-state index in [2.05, 4.69) is 6.58 Å². The summed E-state index contributed by atoms with van der Waals surface area (Å²) < 4.78 is 27.9. The van der Waals surface area contributed by atoms with Crippen molar-refractivity contribution in [3.05, 3.63) is 36.5 Å². The van der Waals surface area contributed by atoms with Gasteiger partial charge in [-0.1, -0.05) is 50.1 Å². The Bertz CT molecular complexity index is 469. The number of hydrogen-bond acceptors (Lipinski definition) is 2. The Labute approximate surface area is 150 Å². The maximum absolute atomic E-state index is 14.0. The lowest BCUT2D eigenvalue weighted by Crippen LogP contribution is -2.19. The Morgan fingerprint density at radius 2 is 2.00 bits per heavy atom. The highest BCUT2D eigenvalue weighted by Crippen LogP contribution is 2.40. The van der Waals surface area contributed by atoms with Crippen LogP contribution in [0.4, 0.5) is 8.78 Å². The molecule has 2 nitrogen and oxygen atoms in total. The summed E-state index contributed by atoms with van der Waals surface area (Å²) in [7, 11) is 0. The third kappa shape index (κ3) is 8.08. The summed E-state index contributed by atoms with van der Waals surface area (Å²) >= 11 is 0. The van der Waals surface area contributed by atoms with Crippen LogP contribution >= 0.6 is 0 Å². The predicted octanol–water partition coefficient (Wildman–Crippen LogP) is 5.63. The van der Waals surface area contributed by atoms with E-state index in [1.807, 2.05) is 19.1 Å². The number of carbonyl (C=O) groups is 1. The maximum atomic E-state index is 14.0. The number of alkyl halides is 2. The average molecular weight is 354 g/mol. The topological polar surface area (TPSA) is 37.3 Å². The highest BCUT2D eigenvalue weighted by atomic mass is 19.3. The zero-order valence-corrected chi connectivity index (χ0v) is 15.3. The van der Waals surface area contributed by atoms with E-state index in [4.69, 9.17) is 0 Å². The van der Waals surface area contributed by atoms with Crippen LogP contribution in [-0.2, 0) is 4.79 Å². The molecular weight excluding hydrogens is 322 g/mol. The van der Waals surface area contributed by atoms with Gasteiger partial charge in [0.1, 0.15) is 6.29 Å². The molecular formula is C21H32F2O2. The molecule has 0 saturated heterocycles. The molecule has 1 saturated carbocycles. The molecule has 1 aliphatic rings. The molecule has 4 heteroatoms. The van der Waals surface area contributed by atoms with E-state index < -0.39 is 12.0 Å². The normalized spacial score (nSPS) is 24.6. The first kappa shape index (κ1) is 21.8. The number of aliphatic hydroxyl groups is 1. The number of unbranched alkanes of at least 4 members (excludes halogenated alkanes) is 4. The fourth-order valence-corrected chi connectivity index (χ4v) is 3.31. The van der Waals surface area contributed by atoms with Gasteiger partial charge in [0.25, 0.3) is 5.92 Å². The van der Waals surface area contributed by atoms with Crippen molar-refractivity contribution >= 4 is 6.29 Å². The molecule has 0 aromatic carbocycles. The van der Waals surface area contributed by atoms with E-state index in [0.717, 1.165) is 43.6 Å². The van der Waals surface area contributed by atoms with Crippen molar-refractivity contribution in [1.82, 2.24) is 0 Å². The smallest absolute Gasteiger partial charge is 0.266 e. The molecule has 1 N–H and O–H groups in total. The summed E-state index contributed by atoms with van der Waals surface area (Å²) in [4.78, 5) is 10.3. The Balaban J connectivity index is 2.60. The summed E-state index contributed by atoms with van der Waals surface area (Å²) in [5.41, 5.74) is 0.826. The van der Waals surface area contributed by atoms with Crippen molar-refractivity contribution in [2.24, 2.45) is 11.8 Å². The van der Waals surface area contributed by atoms with Crippen LogP contribution in [0.3, 0.4) is 0 Å². The van der Waals surface area contributed by atoms with Crippen molar-refractivity contribution in [2.75, 3.05) is 0 Å². The van der Waals surface area contributed by atoms with E-state index in [1.54, 1.807) is 6.08 Å². The molecule has 3 atom stereocenters. The summed E-state index contributed by atoms with van der Waals surface area (Å²) in [5, 5.41) is 10.2. The molecule has 0 heterocycles. The number of hydrogen-bond donors (Lipinski definition) is 1. The monoisotopic (exact) mass is 354 g/mol. The summed E-state index contributed by atoms with van der Waals surface area (Å²) in [5.74, 6) is -3.10. The lowest BCUT2D eigenvalue weighted by molar-refractivity contribution is -0.107. The van der Waals surface area contributed by atoms with Crippen molar-refractivity contribution in [1.29, 1.82) is 0 Å². The minimum atomic E-state index is -2.79. The lowest BCUT2D eigenvalue weighted by atomic mass is 9.89. The van der Waals surface area contributed by atoms with E-state index in [0.29, 0.717) is 25.7 Å². The summed E-state index contributed by atoms with van der Waals surface area (Å²) in [6.07, 6.45) is 12.3. The molecule has 0 spiro atoms. The fourth-order valence-electron chi connectivity index (χ4n) is 3.31. The third-order valence-corrected chi connectivity index (χ3v) is 4.83. The van der Waals surface area contributed by atoms with Gasteiger partial charge in [0.05, 0.1) is 6.10 Å². The SMILES string of the molecule is C=C1C[C@H](O)[C@H](C/C=C\CCCC=O)[C@H]1/C=C/C(F)(F)CCCCC. The summed E-state index contributed by atoms with van der Waals surface area (Å²) in [6.45, 7) is 5.96. The molecule has 1 fully saturated rings. The first-order valence-electron chi connectivity index (χ1n) is 9.42. The number of aliphatic hydroxyl groups excluding tert-OH is 1. The van der Waals surface area contributed by atoms with Gasteiger partial charge in [-0.2, -0.15) is 0 Å². The number of aldehydes is 1. The van der Waals surface area contributed by atoms with Gasteiger partial charge in [0.2, 0.25) is 0 Å². The molecule has 1 rings (SSSR count). The molecule has 0 aromatic heterocycles. The first-order valence-corrected chi connectivity index (χ1v) is 9.42. The van der Waals surface area contributed by atoms with Crippen LogP contribution in [0.5, 0.6) is 0 Å². The molecule has 0 amide bonds. The van der Waals surface area contributed by atoms with Gasteiger partial charge in [0.15, 0.2) is 0 Å². The van der Waals surface area contributed by atoms with Gasteiger partial charge in [-0.25, -0.2) is 8.78 Å². The van der Waals surface area contributed by atoms with E-state index in [1.165, 1.54) is 0 Å². The third-order valence-electron chi connectivity index (χ3n) is 4.83. The van der Waals surface area contributed by atoms with Crippen LogP contribution < -0.4 is 0 Å². The van der Waals surface area contributed by atoms with E-state index in [9.17, 15) is 18.7 Å². The highest BCUT2D eigenvalue weighted by Gasteiger charge is 2.36. The zero-order chi connectivity index (χ0) is 18.7. The van der Waals surface area contributed by atoms with Gasteiger partial charge >= 0.3 is 0 Å². The molecule has 0 radical (unpaired) electrons. The number of allylic oxidation sites excluding steroid dienone is 4. The Kier molecular flexibility index (Phi) is 9.88. The quantitative estimate of drug-likeness (QED) is 0.280. The molecule has 25 heavy (non-hydrogen) atoms. The molecule has 0 aliphatic heterocycles.